The van der Waals surface area contributed by atoms with Crippen molar-refractivity contribution in [2.45, 2.75) is 51.1 Å². The van der Waals surface area contributed by atoms with Crippen LogP contribution in [0.4, 0.5) is 0 Å². The summed E-state index contributed by atoms with van der Waals surface area (Å²) in [6, 6.07) is 22.6. The van der Waals surface area contributed by atoms with Gasteiger partial charge >= 0.3 is 0 Å². The number of nitrogens with zero attached hydrogens (tertiary/aromatic N) is 6. The molecule has 4 heterocycles. The van der Waals surface area contributed by atoms with Crippen molar-refractivity contribution in [2.24, 2.45) is 0 Å². The van der Waals surface area contributed by atoms with E-state index >= 15 is 0 Å². The van der Waals surface area contributed by atoms with Gasteiger partial charge in [0.25, 0.3) is 11.4 Å². The highest BCUT2D eigenvalue weighted by Gasteiger charge is 2.41. The van der Waals surface area contributed by atoms with Gasteiger partial charge in [-0.1, -0.05) is 24.2 Å². The fraction of sp³-hybridized carbons (Fsp3) is 0.273. The van der Waals surface area contributed by atoms with E-state index in [-0.39, 0.29) is 17.4 Å². The van der Waals surface area contributed by atoms with Gasteiger partial charge in [0.15, 0.2) is 5.82 Å². The quantitative estimate of drug-likeness (QED) is 0.235. The molecular weight excluding hydrogens is 544 g/mol. The molecule has 1 saturated carbocycles. The number of pyridine rings is 1. The van der Waals surface area contributed by atoms with Gasteiger partial charge in [-0.2, -0.15) is 15.2 Å². The normalized spacial score (nSPS) is 16.5. The van der Waals surface area contributed by atoms with Gasteiger partial charge < -0.3 is 18.7 Å². The number of aromatic nitrogens is 5. The Labute approximate surface area is 248 Å². The van der Waals surface area contributed by atoms with E-state index in [2.05, 4.69) is 20.3 Å². The van der Waals surface area contributed by atoms with E-state index in [1.807, 2.05) is 72.5 Å². The molecule has 10 heteroatoms. The van der Waals surface area contributed by atoms with Crippen LogP contribution in [0.15, 0.2) is 88.3 Å². The Morgan fingerprint density at radius 3 is 2.53 bits per heavy atom. The van der Waals surface area contributed by atoms with Crippen LogP contribution in [0.2, 0.25) is 0 Å². The molecule has 1 aliphatic heterocycles. The molecule has 43 heavy (non-hydrogen) atoms. The molecule has 0 radical (unpaired) electrons. The molecule has 0 spiro atoms. The minimum atomic E-state index is -0.107. The van der Waals surface area contributed by atoms with E-state index < -0.39 is 0 Å². The third-order valence-electron chi connectivity index (χ3n) is 7.97. The zero-order valence-electron chi connectivity index (χ0n) is 23.7. The van der Waals surface area contributed by atoms with Crippen LogP contribution in [0.3, 0.4) is 0 Å². The minimum absolute atomic E-state index is 0.0769. The van der Waals surface area contributed by atoms with Crippen LogP contribution in [-0.4, -0.2) is 48.3 Å². The van der Waals surface area contributed by atoms with E-state index in [1.165, 1.54) is 6.07 Å². The second kappa shape index (κ2) is 11.3. The van der Waals surface area contributed by atoms with E-state index in [4.69, 9.17) is 9.26 Å². The maximum atomic E-state index is 12.5. The van der Waals surface area contributed by atoms with Crippen molar-refractivity contribution < 1.29 is 14.1 Å². The van der Waals surface area contributed by atoms with Crippen LogP contribution in [0.5, 0.6) is 11.5 Å². The standard InChI is InChI=1S/C33H30N6O4/c1-2-25-10-15-28(36-35-25)21-8-13-27(14-9-21)42-29-17-22(6-7-23(29)19-38-16-4-3-5-30(38)40)33-34-32(37-43-33)24-18-31(41)39(20-24)26-11-12-26/h3-10,13-17,24,26H,2,11-12,18-20H2,1H3/t24-/m0/s1. The molecule has 2 aliphatic rings. The summed E-state index contributed by atoms with van der Waals surface area (Å²) in [6.07, 6.45) is 5.13. The highest BCUT2D eigenvalue weighted by Crippen LogP contribution is 2.37. The fourth-order valence-corrected chi connectivity index (χ4v) is 5.37. The zero-order chi connectivity index (χ0) is 29.3. The van der Waals surface area contributed by atoms with E-state index in [0.29, 0.717) is 54.3 Å². The molecule has 2 fully saturated rings. The van der Waals surface area contributed by atoms with Crippen molar-refractivity contribution in [1.29, 1.82) is 0 Å². The second-order valence-corrected chi connectivity index (χ2v) is 11.0. The van der Waals surface area contributed by atoms with Crippen LogP contribution in [0.25, 0.3) is 22.7 Å². The monoisotopic (exact) mass is 574 g/mol. The Bertz CT molecular complexity index is 1830. The van der Waals surface area contributed by atoms with Gasteiger partial charge in [-0.25, -0.2) is 0 Å². The highest BCUT2D eigenvalue weighted by molar-refractivity contribution is 5.80. The van der Waals surface area contributed by atoms with Gasteiger partial charge in [-0.15, -0.1) is 0 Å². The number of carbonyl (C=O) groups excluding carboxylic acids is 1. The molecule has 5 aromatic rings. The summed E-state index contributed by atoms with van der Waals surface area (Å²) >= 11 is 0. The molecule has 216 valence electrons. The molecule has 3 aromatic heterocycles. The summed E-state index contributed by atoms with van der Waals surface area (Å²) < 4.78 is 13.7. The Balaban J connectivity index is 1.16. The fourth-order valence-electron chi connectivity index (χ4n) is 5.37. The Hall–Kier alpha value is -5.12. The number of aryl methyl sites for hydroxylation is 1. The maximum Gasteiger partial charge on any atom is 0.258 e. The molecule has 10 nitrogen and oxygen atoms in total. The molecule has 0 unspecified atom stereocenters. The SMILES string of the molecule is CCc1ccc(-c2ccc(Oc3cc(-c4nc([C@H]5CC(=O)N(C6CC6)C5)no4)ccc3Cn3ccccc3=O)cc2)nn1. The molecule has 1 amide bonds. The number of benzene rings is 2. The number of ether oxygens (including phenoxy) is 1. The van der Waals surface area contributed by atoms with Crippen LogP contribution in [-0.2, 0) is 17.8 Å². The first kappa shape index (κ1) is 26.8. The molecule has 1 atom stereocenters. The molecule has 0 bridgehead atoms. The van der Waals surface area contributed by atoms with Crippen molar-refractivity contribution in [3.63, 3.8) is 0 Å². The van der Waals surface area contributed by atoms with Gasteiger partial charge in [0.1, 0.15) is 11.5 Å². The third kappa shape index (κ3) is 5.68. The number of carbonyl (C=O) groups is 1. The Morgan fingerprint density at radius 2 is 1.79 bits per heavy atom. The average molecular weight is 575 g/mol. The predicted octanol–water partition coefficient (Wildman–Crippen LogP) is 5.24. The highest BCUT2D eigenvalue weighted by atomic mass is 16.5. The molecule has 7 rings (SSSR count). The largest absolute Gasteiger partial charge is 0.457 e. The minimum Gasteiger partial charge on any atom is -0.457 e. The lowest BCUT2D eigenvalue weighted by atomic mass is 10.1. The lowest BCUT2D eigenvalue weighted by Gasteiger charge is -2.14. The Morgan fingerprint density at radius 1 is 0.953 bits per heavy atom. The van der Waals surface area contributed by atoms with E-state index in [0.717, 1.165) is 41.8 Å². The predicted molar refractivity (Wildman–Crippen MR) is 159 cm³/mol. The van der Waals surface area contributed by atoms with Crippen molar-refractivity contribution in [2.75, 3.05) is 6.54 Å². The van der Waals surface area contributed by atoms with Crippen LogP contribution >= 0.6 is 0 Å². The summed E-state index contributed by atoms with van der Waals surface area (Å²) in [7, 11) is 0. The first-order valence-corrected chi connectivity index (χ1v) is 14.6. The summed E-state index contributed by atoms with van der Waals surface area (Å²) in [5.41, 5.74) is 4.04. The first-order valence-electron chi connectivity index (χ1n) is 14.6. The average Bonchev–Trinajstić information content (AvgIpc) is 3.62. The number of hydrogen-bond donors (Lipinski definition) is 0. The third-order valence-corrected chi connectivity index (χ3v) is 7.97. The van der Waals surface area contributed by atoms with Gasteiger partial charge in [0.2, 0.25) is 5.91 Å². The molecule has 1 saturated heterocycles. The van der Waals surface area contributed by atoms with Gasteiger partial charge in [-0.3, -0.25) is 9.59 Å². The summed E-state index contributed by atoms with van der Waals surface area (Å²) in [6.45, 7) is 3.00. The van der Waals surface area contributed by atoms with Gasteiger partial charge in [0, 0.05) is 53.9 Å². The molecular formula is C33H30N6O4. The van der Waals surface area contributed by atoms with Gasteiger partial charge in [0.05, 0.1) is 17.9 Å². The molecule has 0 N–H and O–H groups in total. The smallest absolute Gasteiger partial charge is 0.258 e. The molecule has 1 aliphatic carbocycles. The summed E-state index contributed by atoms with van der Waals surface area (Å²) in [4.78, 5) is 31.5. The van der Waals surface area contributed by atoms with Crippen LogP contribution in [0, 0.1) is 0 Å². The number of hydrogen-bond acceptors (Lipinski definition) is 8. The first-order chi connectivity index (χ1) is 21.0. The van der Waals surface area contributed by atoms with Crippen molar-refractivity contribution in [3.8, 4) is 34.2 Å². The van der Waals surface area contributed by atoms with E-state index in [9.17, 15) is 9.59 Å². The zero-order valence-corrected chi connectivity index (χ0v) is 23.7. The summed E-state index contributed by atoms with van der Waals surface area (Å²) in [5.74, 6) is 2.16. The van der Waals surface area contributed by atoms with Crippen LogP contribution < -0.4 is 10.3 Å². The van der Waals surface area contributed by atoms with Crippen molar-refractivity contribution >= 4 is 5.91 Å². The summed E-state index contributed by atoms with van der Waals surface area (Å²) in [5, 5.41) is 12.8. The maximum absolute atomic E-state index is 12.5. The number of amides is 1. The number of likely N-dealkylation sites (tertiary alicyclic amines) is 1. The lowest BCUT2D eigenvalue weighted by Crippen LogP contribution is -2.27. The second-order valence-electron chi connectivity index (χ2n) is 11.0. The topological polar surface area (TPSA) is 116 Å². The lowest BCUT2D eigenvalue weighted by molar-refractivity contribution is -0.128. The number of rotatable bonds is 9. The Kier molecular flexibility index (Phi) is 7.02. The van der Waals surface area contributed by atoms with Crippen molar-refractivity contribution in [3.05, 3.63) is 106 Å². The van der Waals surface area contributed by atoms with Crippen LogP contribution in [0.1, 0.15) is 49.2 Å². The molecule has 2 aromatic carbocycles. The van der Waals surface area contributed by atoms with E-state index in [1.54, 1.807) is 16.8 Å². The van der Waals surface area contributed by atoms with Crippen molar-refractivity contribution in [1.82, 2.24) is 29.8 Å². The van der Waals surface area contributed by atoms with Gasteiger partial charge in [-0.05, 0) is 73.9 Å².